The molecule has 0 aliphatic carbocycles. The Morgan fingerprint density at radius 3 is 3.08 bits per heavy atom. The van der Waals surface area contributed by atoms with Crippen molar-refractivity contribution in [2.75, 3.05) is 0 Å². The minimum atomic E-state index is -0.989. The molecule has 0 spiro atoms. The second-order valence-corrected chi connectivity index (χ2v) is 2.61. The molecule has 0 aromatic carbocycles. The predicted octanol–water partition coefficient (Wildman–Crippen LogP) is -0.526. The van der Waals surface area contributed by atoms with Crippen LogP contribution >= 0.6 is 0 Å². The molecule has 5 heteroatoms. The number of nitrogens with one attached hydrogen (secondary N) is 1. The summed E-state index contributed by atoms with van der Waals surface area (Å²) in [6, 6.07) is 3.48. The van der Waals surface area contributed by atoms with Gasteiger partial charge in [-0.3, -0.25) is 4.79 Å². The van der Waals surface area contributed by atoms with Crippen molar-refractivity contribution >= 4 is 5.91 Å². The van der Waals surface area contributed by atoms with Crippen LogP contribution in [-0.4, -0.2) is 27.3 Å². The van der Waals surface area contributed by atoms with Crippen LogP contribution in [0.1, 0.15) is 12.6 Å². The van der Waals surface area contributed by atoms with Crippen molar-refractivity contribution in [3.8, 4) is 0 Å². The van der Waals surface area contributed by atoms with Crippen LogP contribution in [0.2, 0.25) is 0 Å². The van der Waals surface area contributed by atoms with Gasteiger partial charge in [0, 0.05) is 6.20 Å². The molecule has 1 aromatic heterocycles. The standard InChI is InChI=1S/C8H11N3O2/c1-6(12)8(13)9-5-7-3-2-4-10-11-7/h2-4,6,12H,5H2,1H3,(H,9,13). The highest BCUT2D eigenvalue weighted by Gasteiger charge is 2.07. The molecule has 0 radical (unpaired) electrons. The van der Waals surface area contributed by atoms with Crippen molar-refractivity contribution in [2.45, 2.75) is 19.6 Å². The first kappa shape index (κ1) is 9.60. The summed E-state index contributed by atoms with van der Waals surface area (Å²) >= 11 is 0. The van der Waals surface area contributed by atoms with E-state index in [0.717, 1.165) is 0 Å². The highest BCUT2D eigenvalue weighted by atomic mass is 16.3. The fourth-order valence-corrected chi connectivity index (χ4v) is 0.753. The average Bonchev–Trinajstić information content (AvgIpc) is 2.15. The van der Waals surface area contributed by atoms with Crippen molar-refractivity contribution in [2.24, 2.45) is 0 Å². The molecule has 0 fully saturated rings. The molecule has 1 rings (SSSR count). The Bertz CT molecular complexity index is 274. The van der Waals surface area contributed by atoms with Crippen LogP contribution in [0.3, 0.4) is 0 Å². The van der Waals surface area contributed by atoms with Crippen molar-refractivity contribution in [3.63, 3.8) is 0 Å². The minimum Gasteiger partial charge on any atom is -0.384 e. The first-order valence-corrected chi connectivity index (χ1v) is 3.92. The van der Waals surface area contributed by atoms with Gasteiger partial charge < -0.3 is 10.4 Å². The van der Waals surface area contributed by atoms with Crippen molar-refractivity contribution in [1.82, 2.24) is 15.5 Å². The Hall–Kier alpha value is -1.49. The SMILES string of the molecule is CC(O)C(=O)NCc1cccnn1. The van der Waals surface area contributed by atoms with E-state index in [0.29, 0.717) is 5.69 Å². The third kappa shape index (κ3) is 3.16. The topological polar surface area (TPSA) is 75.1 Å². The van der Waals surface area contributed by atoms with Crippen molar-refractivity contribution in [1.29, 1.82) is 0 Å². The summed E-state index contributed by atoms with van der Waals surface area (Å²) in [5, 5.41) is 18.8. The number of amides is 1. The van der Waals surface area contributed by atoms with Crippen LogP contribution in [0.5, 0.6) is 0 Å². The van der Waals surface area contributed by atoms with Gasteiger partial charge in [0.1, 0.15) is 6.10 Å². The Labute approximate surface area is 75.8 Å². The molecule has 1 unspecified atom stereocenters. The smallest absolute Gasteiger partial charge is 0.248 e. The lowest BCUT2D eigenvalue weighted by Gasteiger charge is -2.05. The zero-order valence-corrected chi connectivity index (χ0v) is 7.27. The molecular formula is C8H11N3O2. The lowest BCUT2D eigenvalue weighted by Crippen LogP contribution is -2.32. The number of carbonyl (C=O) groups excluding carboxylic acids is 1. The largest absolute Gasteiger partial charge is 0.384 e. The highest BCUT2D eigenvalue weighted by Crippen LogP contribution is 1.90. The van der Waals surface area contributed by atoms with E-state index in [4.69, 9.17) is 5.11 Å². The van der Waals surface area contributed by atoms with Gasteiger partial charge in [-0.2, -0.15) is 10.2 Å². The van der Waals surface area contributed by atoms with Gasteiger partial charge in [-0.25, -0.2) is 0 Å². The molecule has 0 aliphatic rings. The fourth-order valence-electron chi connectivity index (χ4n) is 0.753. The van der Waals surface area contributed by atoms with Crippen LogP contribution in [0.25, 0.3) is 0 Å². The highest BCUT2D eigenvalue weighted by molar-refractivity contribution is 5.79. The van der Waals surface area contributed by atoms with E-state index in [1.54, 1.807) is 18.3 Å². The maximum Gasteiger partial charge on any atom is 0.248 e. The number of nitrogens with zero attached hydrogens (tertiary/aromatic N) is 2. The molecule has 0 bridgehead atoms. The fraction of sp³-hybridized carbons (Fsp3) is 0.375. The van der Waals surface area contributed by atoms with Gasteiger partial charge in [0.05, 0.1) is 12.2 Å². The minimum absolute atomic E-state index is 0.289. The number of aliphatic hydroxyl groups is 1. The molecule has 0 saturated heterocycles. The summed E-state index contributed by atoms with van der Waals surface area (Å²) in [5.74, 6) is -0.411. The van der Waals surface area contributed by atoms with Gasteiger partial charge in [-0.05, 0) is 19.1 Å². The molecule has 1 heterocycles. The van der Waals surface area contributed by atoms with E-state index >= 15 is 0 Å². The summed E-state index contributed by atoms with van der Waals surface area (Å²) in [7, 11) is 0. The van der Waals surface area contributed by atoms with E-state index < -0.39 is 12.0 Å². The number of aliphatic hydroxyl groups excluding tert-OH is 1. The Balaban J connectivity index is 2.40. The molecule has 1 aromatic rings. The Morgan fingerprint density at radius 2 is 2.54 bits per heavy atom. The predicted molar refractivity (Wildman–Crippen MR) is 45.6 cm³/mol. The third-order valence-electron chi connectivity index (χ3n) is 1.45. The van der Waals surface area contributed by atoms with Gasteiger partial charge >= 0.3 is 0 Å². The summed E-state index contributed by atoms with van der Waals surface area (Å²) in [4.78, 5) is 10.9. The summed E-state index contributed by atoms with van der Waals surface area (Å²) < 4.78 is 0. The number of aromatic nitrogens is 2. The number of rotatable bonds is 3. The second-order valence-electron chi connectivity index (χ2n) is 2.61. The van der Waals surface area contributed by atoms with Gasteiger partial charge in [0.2, 0.25) is 5.91 Å². The van der Waals surface area contributed by atoms with E-state index in [1.165, 1.54) is 6.92 Å². The van der Waals surface area contributed by atoms with Crippen molar-refractivity contribution in [3.05, 3.63) is 24.0 Å². The molecule has 70 valence electrons. The van der Waals surface area contributed by atoms with Crippen LogP contribution in [0.15, 0.2) is 18.3 Å². The van der Waals surface area contributed by atoms with E-state index in [2.05, 4.69) is 15.5 Å². The first-order valence-electron chi connectivity index (χ1n) is 3.92. The summed E-state index contributed by atoms with van der Waals surface area (Å²) in [6.45, 7) is 1.70. The number of carbonyl (C=O) groups is 1. The van der Waals surface area contributed by atoms with E-state index in [-0.39, 0.29) is 6.54 Å². The molecular weight excluding hydrogens is 170 g/mol. The van der Waals surface area contributed by atoms with E-state index in [9.17, 15) is 4.79 Å². The molecule has 0 saturated carbocycles. The molecule has 13 heavy (non-hydrogen) atoms. The Morgan fingerprint density at radius 1 is 1.77 bits per heavy atom. The van der Waals surface area contributed by atoms with Gasteiger partial charge in [-0.15, -0.1) is 0 Å². The molecule has 1 amide bonds. The third-order valence-corrected chi connectivity index (χ3v) is 1.45. The normalized spacial score (nSPS) is 12.2. The molecule has 1 atom stereocenters. The second kappa shape index (κ2) is 4.51. The monoisotopic (exact) mass is 181 g/mol. The zero-order valence-electron chi connectivity index (χ0n) is 7.27. The van der Waals surface area contributed by atoms with Gasteiger partial charge in [0.25, 0.3) is 0 Å². The Kier molecular flexibility index (Phi) is 3.33. The number of hydrogen-bond donors (Lipinski definition) is 2. The lowest BCUT2D eigenvalue weighted by molar-refractivity contribution is -0.128. The quantitative estimate of drug-likeness (QED) is 0.657. The first-order chi connectivity index (χ1) is 6.20. The van der Waals surface area contributed by atoms with Crippen LogP contribution in [0, 0.1) is 0 Å². The maximum atomic E-state index is 10.9. The van der Waals surface area contributed by atoms with Crippen LogP contribution in [-0.2, 0) is 11.3 Å². The van der Waals surface area contributed by atoms with Crippen molar-refractivity contribution < 1.29 is 9.90 Å². The molecule has 5 nitrogen and oxygen atoms in total. The molecule has 2 N–H and O–H groups in total. The van der Waals surface area contributed by atoms with Gasteiger partial charge in [0.15, 0.2) is 0 Å². The zero-order chi connectivity index (χ0) is 9.68. The average molecular weight is 181 g/mol. The number of hydrogen-bond acceptors (Lipinski definition) is 4. The van der Waals surface area contributed by atoms with Crippen LogP contribution in [0.4, 0.5) is 0 Å². The maximum absolute atomic E-state index is 10.9. The summed E-state index contributed by atoms with van der Waals surface area (Å²) in [5.41, 5.74) is 0.663. The van der Waals surface area contributed by atoms with Gasteiger partial charge in [-0.1, -0.05) is 0 Å². The van der Waals surface area contributed by atoms with E-state index in [1.807, 2.05) is 0 Å². The summed E-state index contributed by atoms with van der Waals surface area (Å²) in [6.07, 6.45) is 0.566. The molecule has 0 aliphatic heterocycles. The van der Waals surface area contributed by atoms with Crippen LogP contribution < -0.4 is 5.32 Å². The lowest BCUT2D eigenvalue weighted by atomic mass is 10.3.